The van der Waals surface area contributed by atoms with Crippen LogP contribution in [0.1, 0.15) is 65.1 Å². The molecule has 2 amide bonds. The predicted octanol–water partition coefficient (Wildman–Crippen LogP) is 6.06. The Labute approximate surface area is 198 Å². The fourth-order valence-electron chi connectivity index (χ4n) is 5.07. The zero-order valence-corrected chi connectivity index (χ0v) is 20.8. The van der Waals surface area contributed by atoms with Gasteiger partial charge in [-0.3, -0.25) is 9.69 Å². The van der Waals surface area contributed by atoms with Crippen LogP contribution in [0.4, 0.5) is 4.79 Å². The number of benzene rings is 2. The Hall–Kier alpha value is -2.66. The van der Waals surface area contributed by atoms with E-state index in [1.54, 1.807) is 0 Å². The molecule has 5 nitrogen and oxygen atoms in total. The zero-order chi connectivity index (χ0) is 24.2. The smallest absolute Gasteiger partial charge is 0.417 e. The number of carbonyl (C=O) groups is 2. The minimum atomic E-state index is -0.694. The number of rotatable bonds is 9. The van der Waals surface area contributed by atoms with Gasteiger partial charge in [0, 0.05) is 19.1 Å². The first-order valence-corrected chi connectivity index (χ1v) is 12.0. The van der Waals surface area contributed by atoms with Gasteiger partial charge in [-0.2, -0.15) is 0 Å². The summed E-state index contributed by atoms with van der Waals surface area (Å²) in [5.74, 6) is -0.329. The summed E-state index contributed by atoms with van der Waals surface area (Å²) in [5, 5.41) is 0. The third-order valence-corrected chi connectivity index (χ3v) is 6.76. The molecule has 3 atom stereocenters. The summed E-state index contributed by atoms with van der Waals surface area (Å²) >= 11 is 0. The van der Waals surface area contributed by atoms with Crippen molar-refractivity contribution in [1.82, 2.24) is 9.80 Å². The predicted molar refractivity (Wildman–Crippen MR) is 132 cm³/mol. The first-order valence-electron chi connectivity index (χ1n) is 12.0. The lowest BCUT2D eigenvalue weighted by Gasteiger charge is -2.35. The lowest BCUT2D eigenvalue weighted by atomic mass is 9.88. The van der Waals surface area contributed by atoms with Crippen molar-refractivity contribution in [3.8, 4) is 0 Å². The Morgan fingerprint density at radius 1 is 1.03 bits per heavy atom. The summed E-state index contributed by atoms with van der Waals surface area (Å²) in [7, 11) is 0. The normalized spacial score (nSPS) is 19.6. The van der Waals surface area contributed by atoms with Gasteiger partial charge in [0.15, 0.2) is 0 Å². The highest BCUT2D eigenvalue weighted by atomic mass is 16.6. The second-order valence-corrected chi connectivity index (χ2v) is 9.98. The highest BCUT2D eigenvalue weighted by Crippen LogP contribution is 2.36. The van der Waals surface area contributed by atoms with Crippen LogP contribution in [0.25, 0.3) is 0 Å². The number of amides is 2. The topological polar surface area (TPSA) is 49.9 Å². The Bertz CT molecular complexity index is 927. The van der Waals surface area contributed by atoms with Crippen LogP contribution in [-0.2, 0) is 16.1 Å². The second-order valence-electron chi connectivity index (χ2n) is 9.98. The molecule has 2 aromatic carbocycles. The van der Waals surface area contributed by atoms with Gasteiger partial charge < -0.3 is 4.74 Å². The molecular formula is C28H38N2O3. The summed E-state index contributed by atoms with van der Waals surface area (Å²) in [6.45, 7) is 13.3. The van der Waals surface area contributed by atoms with Crippen LogP contribution in [0.15, 0.2) is 60.7 Å². The van der Waals surface area contributed by atoms with E-state index >= 15 is 0 Å². The Morgan fingerprint density at radius 2 is 1.61 bits per heavy atom. The quantitative estimate of drug-likeness (QED) is 0.466. The fourth-order valence-corrected chi connectivity index (χ4v) is 5.07. The Balaban J connectivity index is 1.88. The van der Waals surface area contributed by atoms with Gasteiger partial charge in [-0.1, -0.05) is 81.4 Å². The summed E-state index contributed by atoms with van der Waals surface area (Å²) in [6.07, 6.45) is 0.133. The lowest BCUT2D eigenvalue weighted by Crippen LogP contribution is -2.51. The Kier molecular flexibility index (Phi) is 7.96. The number of imide groups is 1. The third kappa shape index (κ3) is 5.64. The highest BCUT2D eigenvalue weighted by molar-refractivity contribution is 5.95. The van der Waals surface area contributed by atoms with E-state index in [0.29, 0.717) is 13.0 Å². The maximum Gasteiger partial charge on any atom is 0.417 e. The number of hydrogen-bond acceptors (Lipinski definition) is 4. The number of nitrogens with zero attached hydrogens (tertiary/aromatic N) is 2. The zero-order valence-electron chi connectivity index (χ0n) is 20.8. The lowest BCUT2D eigenvalue weighted by molar-refractivity contribution is -0.135. The number of carbonyl (C=O) groups excluding carboxylic acids is 2. The molecule has 3 rings (SSSR count). The monoisotopic (exact) mass is 450 g/mol. The number of cyclic esters (lactones) is 1. The van der Waals surface area contributed by atoms with Gasteiger partial charge in [-0.05, 0) is 44.2 Å². The number of ether oxygens (including phenoxy) is 1. The van der Waals surface area contributed by atoms with Crippen molar-refractivity contribution in [3.05, 3.63) is 71.8 Å². The molecule has 33 heavy (non-hydrogen) atoms. The molecule has 0 aliphatic carbocycles. The van der Waals surface area contributed by atoms with Crippen LogP contribution in [0.3, 0.4) is 0 Å². The molecule has 0 radical (unpaired) electrons. The standard InChI is InChI=1S/C28H38N2O3/c1-7-23(26(31)30-25(20(2)3)28(5,6)33-27(30)32)19-29(18-22-14-10-8-11-15-22)21(4)24-16-12-9-13-17-24/h8-17,20-21,23,25H,7,18-19H2,1-6H3/t21-,23-,25+/m1/s1. The van der Waals surface area contributed by atoms with Crippen molar-refractivity contribution in [1.29, 1.82) is 0 Å². The van der Waals surface area contributed by atoms with Crippen molar-refractivity contribution in [2.45, 2.75) is 72.2 Å². The van der Waals surface area contributed by atoms with E-state index in [1.807, 2.05) is 71.0 Å². The molecule has 0 bridgehead atoms. The first-order chi connectivity index (χ1) is 15.7. The van der Waals surface area contributed by atoms with Gasteiger partial charge in [0.05, 0.1) is 12.0 Å². The first kappa shape index (κ1) is 25.0. The molecule has 0 saturated carbocycles. The van der Waals surface area contributed by atoms with Crippen LogP contribution in [-0.4, -0.2) is 40.0 Å². The average Bonchev–Trinajstić information content (AvgIpc) is 3.05. The molecular weight excluding hydrogens is 412 g/mol. The highest BCUT2D eigenvalue weighted by Gasteiger charge is 2.52. The van der Waals surface area contributed by atoms with Crippen molar-refractivity contribution >= 4 is 12.0 Å². The van der Waals surface area contributed by atoms with E-state index in [9.17, 15) is 9.59 Å². The maximum atomic E-state index is 13.7. The van der Waals surface area contributed by atoms with Crippen LogP contribution in [0.2, 0.25) is 0 Å². The number of hydrogen-bond donors (Lipinski definition) is 0. The summed E-state index contributed by atoms with van der Waals surface area (Å²) < 4.78 is 5.62. The summed E-state index contributed by atoms with van der Waals surface area (Å²) in [4.78, 5) is 30.2. The molecule has 0 unspecified atom stereocenters. The van der Waals surface area contributed by atoms with Crippen LogP contribution in [0, 0.1) is 11.8 Å². The summed E-state index contributed by atoms with van der Waals surface area (Å²) in [6, 6.07) is 20.5. The molecule has 5 heteroatoms. The van der Waals surface area contributed by atoms with Crippen molar-refractivity contribution in [2.75, 3.05) is 6.54 Å². The summed E-state index contributed by atoms with van der Waals surface area (Å²) in [5.41, 5.74) is 1.71. The largest absolute Gasteiger partial charge is 0.441 e. The van der Waals surface area contributed by atoms with E-state index in [0.717, 1.165) is 6.54 Å². The van der Waals surface area contributed by atoms with Gasteiger partial charge in [0.2, 0.25) is 5.91 Å². The van der Waals surface area contributed by atoms with E-state index in [2.05, 4.69) is 36.1 Å². The van der Waals surface area contributed by atoms with E-state index in [1.165, 1.54) is 16.0 Å². The minimum absolute atomic E-state index is 0.108. The molecule has 0 N–H and O–H groups in total. The molecule has 1 saturated heterocycles. The van der Waals surface area contributed by atoms with Crippen molar-refractivity contribution < 1.29 is 14.3 Å². The molecule has 178 valence electrons. The van der Waals surface area contributed by atoms with Crippen molar-refractivity contribution in [3.63, 3.8) is 0 Å². The molecule has 0 aromatic heterocycles. The van der Waals surface area contributed by atoms with Gasteiger partial charge in [0.1, 0.15) is 5.60 Å². The molecule has 1 aliphatic rings. The maximum absolute atomic E-state index is 13.7. The SMILES string of the molecule is CC[C@H](CN(Cc1ccccc1)[C@H](C)c1ccccc1)C(=O)N1C(=O)OC(C)(C)[C@@H]1C(C)C. The van der Waals surface area contributed by atoms with E-state index < -0.39 is 11.7 Å². The third-order valence-electron chi connectivity index (χ3n) is 6.76. The van der Waals surface area contributed by atoms with Gasteiger partial charge in [-0.15, -0.1) is 0 Å². The van der Waals surface area contributed by atoms with Crippen LogP contribution < -0.4 is 0 Å². The second kappa shape index (κ2) is 10.5. The fraction of sp³-hybridized carbons (Fsp3) is 0.500. The van der Waals surface area contributed by atoms with E-state index in [-0.39, 0.29) is 29.8 Å². The molecule has 1 aliphatic heterocycles. The Morgan fingerprint density at radius 3 is 2.15 bits per heavy atom. The van der Waals surface area contributed by atoms with E-state index in [4.69, 9.17) is 4.74 Å². The van der Waals surface area contributed by atoms with Gasteiger partial charge in [0.25, 0.3) is 0 Å². The van der Waals surface area contributed by atoms with Gasteiger partial charge >= 0.3 is 6.09 Å². The van der Waals surface area contributed by atoms with Crippen LogP contribution >= 0.6 is 0 Å². The van der Waals surface area contributed by atoms with Gasteiger partial charge in [-0.25, -0.2) is 9.69 Å². The molecule has 0 spiro atoms. The molecule has 1 heterocycles. The average molecular weight is 451 g/mol. The van der Waals surface area contributed by atoms with Crippen LogP contribution in [0.5, 0.6) is 0 Å². The molecule has 2 aromatic rings. The molecule has 1 fully saturated rings. The van der Waals surface area contributed by atoms with Crippen molar-refractivity contribution in [2.24, 2.45) is 11.8 Å². The minimum Gasteiger partial charge on any atom is -0.441 e.